The molecule has 9 heteroatoms. The van der Waals surface area contributed by atoms with Crippen LogP contribution in [0, 0.1) is 5.92 Å². The standard InChI is InChI=1S/C28H40N6S.CH5N.CH2O/c1-3-23(21-9-5-6-10-21)24-17-26(29-18-25(24)35-2)32-27-19-31-28(20-30-27)34-15-11-22(12-16-34)33-13-7-4-8-14-33;2*1-2/h3,17-22H,4-16H2,1-2H3,(H,29,30,32);2H2,1H3;1H2/b23-3+;;. The number of hydrogen-bond donors (Lipinski definition) is 2. The molecule has 0 bridgehead atoms. The largest absolute Gasteiger partial charge is 0.355 e. The fourth-order valence-corrected chi connectivity index (χ4v) is 6.73. The number of allylic oxidation sites excluding steroid dienone is 2. The van der Waals surface area contributed by atoms with Crippen LogP contribution in [0.25, 0.3) is 5.57 Å². The molecule has 2 saturated heterocycles. The number of pyridine rings is 1. The van der Waals surface area contributed by atoms with Crippen LogP contribution >= 0.6 is 11.8 Å². The molecule has 39 heavy (non-hydrogen) atoms. The van der Waals surface area contributed by atoms with Crippen molar-refractivity contribution in [2.75, 3.05) is 49.7 Å². The molecule has 0 aromatic carbocycles. The van der Waals surface area contributed by atoms with Gasteiger partial charge in [-0.3, -0.25) is 0 Å². The van der Waals surface area contributed by atoms with E-state index >= 15 is 0 Å². The molecule has 2 aromatic heterocycles. The molecule has 1 aliphatic carbocycles. The number of carbonyl (C=O) groups excluding carboxylic acids is 1. The maximum atomic E-state index is 8.00. The molecular weight excluding hydrogens is 506 g/mol. The molecule has 214 valence electrons. The highest BCUT2D eigenvalue weighted by Crippen LogP contribution is 2.40. The van der Waals surface area contributed by atoms with Gasteiger partial charge in [-0.25, -0.2) is 15.0 Å². The zero-order chi connectivity index (χ0) is 28.0. The van der Waals surface area contributed by atoms with E-state index in [0.29, 0.717) is 5.92 Å². The van der Waals surface area contributed by atoms with Gasteiger partial charge in [-0.2, -0.15) is 0 Å². The predicted octanol–water partition coefficient (Wildman–Crippen LogP) is 5.78. The third kappa shape index (κ3) is 8.25. The van der Waals surface area contributed by atoms with E-state index in [0.717, 1.165) is 36.6 Å². The predicted molar refractivity (Wildman–Crippen MR) is 165 cm³/mol. The van der Waals surface area contributed by atoms with Crippen LogP contribution in [0.4, 0.5) is 17.5 Å². The number of likely N-dealkylation sites (tertiary alicyclic amines) is 1. The molecule has 1 saturated carbocycles. The molecule has 5 rings (SSSR count). The highest BCUT2D eigenvalue weighted by atomic mass is 32.2. The fourth-order valence-electron chi connectivity index (χ4n) is 6.17. The second-order valence-electron chi connectivity index (χ2n) is 10.2. The van der Waals surface area contributed by atoms with E-state index in [1.54, 1.807) is 11.8 Å². The van der Waals surface area contributed by atoms with Gasteiger partial charge < -0.3 is 25.6 Å². The molecule has 2 aromatic rings. The van der Waals surface area contributed by atoms with Crippen molar-refractivity contribution in [1.82, 2.24) is 19.9 Å². The van der Waals surface area contributed by atoms with E-state index in [1.165, 1.54) is 94.0 Å². The lowest BCUT2D eigenvalue weighted by molar-refractivity contribution is -0.0979. The van der Waals surface area contributed by atoms with Gasteiger partial charge in [-0.15, -0.1) is 11.8 Å². The molecule has 3 aliphatic rings. The van der Waals surface area contributed by atoms with Gasteiger partial charge in [-0.1, -0.05) is 25.3 Å². The summed E-state index contributed by atoms with van der Waals surface area (Å²) in [6, 6.07) is 2.94. The van der Waals surface area contributed by atoms with E-state index in [4.69, 9.17) is 9.78 Å². The van der Waals surface area contributed by atoms with Gasteiger partial charge in [0.2, 0.25) is 0 Å². The molecular formula is C30H47N7OS. The lowest BCUT2D eigenvalue weighted by Gasteiger charge is -2.40. The zero-order valence-electron chi connectivity index (χ0n) is 24.1. The van der Waals surface area contributed by atoms with E-state index in [-0.39, 0.29) is 0 Å². The first-order chi connectivity index (χ1) is 19.2. The van der Waals surface area contributed by atoms with Gasteiger partial charge in [-0.05, 0) is 95.0 Å². The van der Waals surface area contributed by atoms with Crippen molar-refractivity contribution in [2.24, 2.45) is 11.7 Å². The first kappa shape index (κ1) is 31.0. The van der Waals surface area contributed by atoms with Gasteiger partial charge in [0.1, 0.15) is 24.2 Å². The van der Waals surface area contributed by atoms with E-state index in [9.17, 15) is 0 Å². The van der Waals surface area contributed by atoms with Crippen molar-refractivity contribution in [3.63, 3.8) is 0 Å². The molecule has 0 atom stereocenters. The molecule has 0 amide bonds. The van der Waals surface area contributed by atoms with Crippen LogP contribution in [0.2, 0.25) is 0 Å². The van der Waals surface area contributed by atoms with Crippen molar-refractivity contribution in [3.8, 4) is 0 Å². The Balaban J connectivity index is 0.00000100. The highest BCUT2D eigenvalue weighted by Gasteiger charge is 2.26. The number of anilines is 3. The Hall–Kier alpha value is -2.49. The van der Waals surface area contributed by atoms with Gasteiger partial charge in [0, 0.05) is 30.2 Å². The summed E-state index contributed by atoms with van der Waals surface area (Å²) in [5.41, 5.74) is 7.28. The van der Waals surface area contributed by atoms with E-state index in [1.807, 2.05) is 25.4 Å². The normalized spacial score (nSPS) is 19.1. The number of nitrogens with two attached hydrogens (primary N) is 1. The van der Waals surface area contributed by atoms with Gasteiger partial charge in [0.05, 0.1) is 12.4 Å². The SMILES string of the molecule is C/C=C(/c1cc(Nc2cnc(N3CCC(N4CCCCC4)CC3)cn2)ncc1SC)C1CCCC1.C=O.CN. The van der Waals surface area contributed by atoms with Gasteiger partial charge in [0.15, 0.2) is 0 Å². The quantitative estimate of drug-likeness (QED) is 0.414. The van der Waals surface area contributed by atoms with Crippen LogP contribution in [0.3, 0.4) is 0 Å². The van der Waals surface area contributed by atoms with E-state index < -0.39 is 0 Å². The summed E-state index contributed by atoms with van der Waals surface area (Å²) >= 11 is 1.77. The number of nitrogens with one attached hydrogen (secondary N) is 1. The molecule has 0 spiro atoms. The summed E-state index contributed by atoms with van der Waals surface area (Å²) in [5, 5.41) is 3.40. The van der Waals surface area contributed by atoms with Crippen molar-refractivity contribution < 1.29 is 4.79 Å². The topological polar surface area (TPSA) is 100 Å². The minimum Gasteiger partial charge on any atom is -0.355 e. The smallest absolute Gasteiger partial charge is 0.150 e. The summed E-state index contributed by atoms with van der Waals surface area (Å²) in [7, 11) is 1.50. The minimum absolute atomic E-state index is 0.666. The Bertz CT molecular complexity index is 1010. The molecule has 3 N–H and O–H groups in total. The number of aromatic nitrogens is 3. The zero-order valence-corrected chi connectivity index (χ0v) is 24.9. The highest BCUT2D eigenvalue weighted by molar-refractivity contribution is 7.98. The van der Waals surface area contributed by atoms with Gasteiger partial charge in [0.25, 0.3) is 0 Å². The van der Waals surface area contributed by atoms with Crippen molar-refractivity contribution in [1.29, 1.82) is 0 Å². The number of nitrogens with zero attached hydrogens (tertiary/aromatic N) is 5. The summed E-state index contributed by atoms with van der Waals surface area (Å²) in [5.74, 6) is 3.23. The number of piperidine rings is 2. The second-order valence-corrected chi connectivity index (χ2v) is 11.0. The number of rotatable bonds is 7. The van der Waals surface area contributed by atoms with Crippen LogP contribution in [0.15, 0.2) is 35.6 Å². The first-order valence-electron chi connectivity index (χ1n) is 14.4. The first-order valence-corrected chi connectivity index (χ1v) is 15.6. The Morgan fingerprint density at radius 3 is 2.18 bits per heavy atom. The lowest BCUT2D eigenvalue weighted by Crippen LogP contribution is -2.46. The Morgan fingerprint density at radius 2 is 1.59 bits per heavy atom. The molecule has 2 aliphatic heterocycles. The van der Waals surface area contributed by atoms with Crippen LogP contribution in [-0.2, 0) is 4.79 Å². The fraction of sp³-hybridized carbons (Fsp3) is 0.600. The molecule has 0 radical (unpaired) electrons. The van der Waals surface area contributed by atoms with Crippen molar-refractivity contribution in [3.05, 3.63) is 36.3 Å². The van der Waals surface area contributed by atoms with Crippen LogP contribution in [0.1, 0.15) is 70.3 Å². The molecule has 3 fully saturated rings. The minimum atomic E-state index is 0.666. The van der Waals surface area contributed by atoms with Gasteiger partial charge >= 0.3 is 0 Å². The van der Waals surface area contributed by atoms with Crippen LogP contribution in [0.5, 0.6) is 0 Å². The number of hydrogen-bond acceptors (Lipinski definition) is 9. The lowest BCUT2D eigenvalue weighted by atomic mass is 9.91. The van der Waals surface area contributed by atoms with Crippen molar-refractivity contribution >= 4 is 41.6 Å². The Labute approximate surface area is 239 Å². The van der Waals surface area contributed by atoms with E-state index in [2.05, 4.69) is 56.1 Å². The van der Waals surface area contributed by atoms with Crippen LogP contribution < -0.4 is 16.0 Å². The third-order valence-corrected chi connectivity index (χ3v) is 8.86. The molecule has 4 heterocycles. The average Bonchev–Trinajstić information content (AvgIpc) is 3.55. The van der Waals surface area contributed by atoms with Crippen LogP contribution in [-0.4, -0.2) is 72.2 Å². The summed E-state index contributed by atoms with van der Waals surface area (Å²) in [6.07, 6.45) is 22.1. The molecule has 8 nitrogen and oxygen atoms in total. The molecule has 0 unspecified atom stereocenters. The number of carbonyl (C=O) groups is 1. The maximum absolute atomic E-state index is 8.00. The Morgan fingerprint density at radius 1 is 0.923 bits per heavy atom. The summed E-state index contributed by atoms with van der Waals surface area (Å²) in [4.78, 5) is 28.5. The third-order valence-electron chi connectivity index (χ3n) is 8.09. The monoisotopic (exact) mass is 553 g/mol. The summed E-state index contributed by atoms with van der Waals surface area (Å²) in [6.45, 7) is 8.88. The average molecular weight is 554 g/mol. The second kappa shape index (κ2) is 16.6. The maximum Gasteiger partial charge on any atom is 0.150 e. The van der Waals surface area contributed by atoms with Crippen molar-refractivity contribution in [2.45, 2.75) is 75.6 Å². The number of thioether (sulfide) groups is 1. The Kier molecular flexibility index (Phi) is 13.2. The summed E-state index contributed by atoms with van der Waals surface area (Å²) < 4.78 is 0.